The molecule has 1 amide bonds. The number of amides is 1. The summed E-state index contributed by atoms with van der Waals surface area (Å²) >= 11 is 1.60. The number of hydrogen-bond acceptors (Lipinski definition) is 4. The summed E-state index contributed by atoms with van der Waals surface area (Å²) < 4.78 is 4.90. The van der Waals surface area contributed by atoms with Crippen LogP contribution in [0.4, 0.5) is 5.82 Å². The number of hydrogen-bond donors (Lipinski definition) is 1. The zero-order valence-electron chi connectivity index (χ0n) is 10.0. The summed E-state index contributed by atoms with van der Waals surface area (Å²) in [4.78, 5) is 13.2. The number of aromatic nitrogens is 1. The molecule has 0 aromatic carbocycles. The quantitative estimate of drug-likeness (QED) is 0.910. The molecule has 0 saturated carbocycles. The molecule has 1 N–H and O–H groups in total. The van der Waals surface area contributed by atoms with Gasteiger partial charge in [-0.15, -0.1) is 11.3 Å². The van der Waals surface area contributed by atoms with Crippen LogP contribution in [-0.4, -0.2) is 11.1 Å². The fourth-order valence-corrected chi connectivity index (χ4v) is 2.66. The first-order chi connectivity index (χ1) is 8.11. The molecule has 0 bridgehead atoms. The van der Waals surface area contributed by atoms with Crippen LogP contribution in [0.15, 0.2) is 16.0 Å². The van der Waals surface area contributed by atoms with Crippen molar-refractivity contribution in [3.63, 3.8) is 0 Å². The summed E-state index contributed by atoms with van der Waals surface area (Å²) in [5, 5.41) is 8.36. The van der Waals surface area contributed by atoms with Gasteiger partial charge in [0.25, 0.3) is 5.91 Å². The zero-order valence-corrected chi connectivity index (χ0v) is 10.9. The first-order valence-corrected chi connectivity index (χ1v) is 6.31. The third-order valence-electron chi connectivity index (χ3n) is 2.57. The molecule has 2 aromatic rings. The number of anilines is 1. The van der Waals surface area contributed by atoms with Crippen LogP contribution in [0.2, 0.25) is 0 Å². The maximum Gasteiger partial charge on any atom is 0.258 e. The van der Waals surface area contributed by atoms with Crippen molar-refractivity contribution < 1.29 is 9.32 Å². The highest BCUT2D eigenvalue weighted by molar-refractivity contribution is 7.10. The summed E-state index contributed by atoms with van der Waals surface area (Å²) in [6, 6.07) is 1.70. The molecule has 0 atom stereocenters. The number of nitrogens with zero attached hydrogens (tertiary/aromatic N) is 1. The van der Waals surface area contributed by atoms with Crippen LogP contribution >= 0.6 is 11.3 Å². The molecular weight excluding hydrogens is 236 g/mol. The van der Waals surface area contributed by atoms with Crippen molar-refractivity contribution in [1.29, 1.82) is 0 Å². The van der Waals surface area contributed by atoms with Crippen molar-refractivity contribution in [2.24, 2.45) is 0 Å². The molecule has 0 unspecified atom stereocenters. The van der Waals surface area contributed by atoms with Gasteiger partial charge in [-0.2, -0.15) is 0 Å². The van der Waals surface area contributed by atoms with Gasteiger partial charge in [0.2, 0.25) is 0 Å². The minimum Gasteiger partial charge on any atom is -0.360 e. The van der Waals surface area contributed by atoms with Gasteiger partial charge in [-0.3, -0.25) is 4.79 Å². The molecule has 0 aliphatic rings. The first kappa shape index (κ1) is 11.9. The largest absolute Gasteiger partial charge is 0.360 e. The van der Waals surface area contributed by atoms with E-state index in [1.807, 2.05) is 19.2 Å². The van der Waals surface area contributed by atoms with E-state index in [1.165, 1.54) is 4.88 Å². The Bertz CT molecular complexity index is 542. The summed E-state index contributed by atoms with van der Waals surface area (Å²) in [6.45, 7) is 5.86. The van der Waals surface area contributed by atoms with E-state index in [2.05, 4.69) is 10.5 Å². The fraction of sp³-hybridized carbons (Fsp3) is 0.333. The van der Waals surface area contributed by atoms with Crippen molar-refractivity contribution in [3.05, 3.63) is 33.2 Å². The van der Waals surface area contributed by atoms with Gasteiger partial charge in [-0.05, 0) is 25.8 Å². The average Bonchev–Trinajstić information content (AvgIpc) is 2.84. The maximum atomic E-state index is 12.0. The number of thiophene rings is 1. The van der Waals surface area contributed by atoms with Crippen molar-refractivity contribution in [1.82, 2.24) is 5.16 Å². The van der Waals surface area contributed by atoms with Crippen LogP contribution in [0.25, 0.3) is 0 Å². The highest BCUT2D eigenvalue weighted by Crippen LogP contribution is 2.23. The molecule has 90 valence electrons. The molecule has 0 saturated heterocycles. The SMILES string of the molecule is CCc1c(C(=O)Nc2cc(C)on2)csc1C. The summed E-state index contributed by atoms with van der Waals surface area (Å²) in [7, 11) is 0. The Hall–Kier alpha value is -1.62. The number of aryl methyl sites for hydroxylation is 2. The van der Waals surface area contributed by atoms with Crippen LogP contribution in [0, 0.1) is 13.8 Å². The Balaban J connectivity index is 2.20. The molecule has 17 heavy (non-hydrogen) atoms. The smallest absolute Gasteiger partial charge is 0.258 e. The minimum absolute atomic E-state index is 0.125. The normalized spacial score (nSPS) is 10.5. The van der Waals surface area contributed by atoms with Gasteiger partial charge >= 0.3 is 0 Å². The summed E-state index contributed by atoms with van der Waals surface area (Å²) in [5.74, 6) is 1.01. The van der Waals surface area contributed by atoms with Gasteiger partial charge in [0.15, 0.2) is 5.82 Å². The number of carbonyl (C=O) groups excluding carboxylic acids is 1. The number of carbonyl (C=O) groups is 1. The van der Waals surface area contributed by atoms with Crippen LogP contribution < -0.4 is 5.32 Å². The van der Waals surface area contributed by atoms with Crippen molar-refractivity contribution in [3.8, 4) is 0 Å². The van der Waals surface area contributed by atoms with Gasteiger partial charge in [-0.25, -0.2) is 0 Å². The predicted molar refractivity (Wildman–Crippen MR) is 67.6 cm³/mol. The van der Waals surface area contributed by atoms with E-state index in [0.717, 1.165) is 17.5 Å². The first-order valence-electron chi connectivity index (χ1n) is 5.43. The van der Waals surface area contributed by atoms with E-state index in [9.17, 15) is 4.79 Å². The highest BCUT2D eigenvalue weighted by Gasteiger charge is 2.15. The topological polar surface area (TPSA) is 55.1 Å². The Kier molecular flexibility index (Phi) is 3.28. The Labute approximate surface area is 104 Å². The van der Waals surface area contributed by atoms with Crippen molar-refractivity contribution in [2.75, 3.05) is 5.32 Å². The average molecular weight is 250 g/mol. The summed E-state index contributed by atoms with van der Waals surface area (Å²) in [6.07, 6.45) is 0.857. The van der Waals surface area contributed by atoms with Gasteiger partial charge in [0.1, 0.15) is 5.76 Å². The van der Waals surface area contributed by atoms with Gasteiger partial charge in [0, 0.05) is 16.3 Å². The van der Waals surface area contributed by atoms with Gasteiger partial charge < -0.3 is 9.84 Å². The van der Waals surface area contributed by atoms with E-state index < -0.39 is 0 Å². The lowest BCUT2D eigenvalue weighted by Crippen LogP contribution is -2.13. The monoisotopic (exact) mass is 250 g/mol. The lowest BCUT2D eigenvalue weighted by atomic mass is 10.1. The molecule has 0 aliphatic heterocycles. The second kappa shape index (κ2) is 4.71. The van der Waals surface area contributed by atoms with Gasteiger partial charge in [-0.1, -0.05) is 12.1 Å². The predicted octanol–water partition coefficient (Wildman–Crippen LogP) is 3.17. The second-order valence-corrected chi connectivity index (χ2v) is 4.90. The number of nitrogens with one attached hydrogen (secondary N) is 1. The zero-order chi connectivity index (χ0) is 12.4. The minimum atomic E-state index is -0.125. The fourth-order valence-electron chi connectivity index (χ4n) is 1.72. The Morgan fingerprint density at radius 2 is 2.29 bits per heavy atom. The second-order valence-electron chi connectivity index (χ2n) is 3.81. The molecule has 2 aromatic heterocycles. The molecule has 4 nitrogen and oxygen atoms in total. The highest BCUT2D eigenvalue weighted by atomic mass is 32.1. The van der Waals surface area contributed by atoms with Crippen LogP contribution in [-0.2, 0) is 6.42 Å². The summed E-state index contributed by atoms with van der Waals surface area (Å²) in [5.41, 5.74) is 1.84. The van der Waals surface area contributed by atoms with E-state index in [0.29, 0.717) is 11.6 Å². The lowest BCUT2D eigenvalue weighted by molar-refractivity contribution is 0.102. The van der Waals surface area contributed by atoms with E-state index in [-0.39, 0.29) is 5.91 Å². The Morgan fingerprint density at radius 1 is 1.53 bits per heavy atom. The molecule has 5 heteroatoms. The molecule has 0 fully saturated rings. The Morgan fingerprint density at radius 3 is 2.88 bits per heavy atom. The van der Waals surface area contributed by atoms with E-state index in [1.54, 1.807) is 24.3 Å². The van der Waals surface area contributed by atoms with Crippen LogP contribution in [0.5, 0.6) is 0 Å². The standard InChI is InChI=1S/C12H14N2O2S/c1-4-9-8(3)17-6-10(9)12(15)13-11-5-7(2)16-14-11/h5-6H,4H2,1-3H3,(H,13,14,15). The third-order valence-corrected chi connectivity index (χ3v) is 3.52. The lowest BCUT2D eigenvalue weighted by Gasteiger charge is -2.02. The third kappa shape index (κ3) is 2.39. The van der Waals surface area contributed by atoms with Gasteiger partial charge in [0.05, 0.1) is 5.56 Å². The van der Waals surface area contributed by atoms with Crippen molar-refractivity contribution in [2.45, 2.75) is 27.2 Å². The molecule has 0 aliphatic carbocycles. The number of rotatable bonds is 3. The van der Waals surface area contributed by atoms with Crippen molar-refractivity contribution >= 4 is 23.1 Å². The van der Waals surface area contributed by atoms with Crippen LogP contribution in [0.3, 0.4) is 0 Å². The maximum absolute atomic E-state index is 12.0. The molecule has 2 rings (SSSR count). The van der Waals surface area contributed by atoms with Crippen LogP contribution in [0.1, 0.15) is 33.5 Å². The molecule has 2 heterocycles. The molecule has 0 spiro atoms. The van der Waals surface area contributed by atoms with E-state index in [4.69, 9.17) is 4.52 Å². The molecular formula is C12H14N2O2S. The molecule has 0 radical (unpaired) electrons. The van der Waals surface area contributed by atoms with E-state index >= 15 is 0 Å².